The molecular weight excluding hydrogens is 194 g/mol. The van der Waals surface area contributed by atoms with Crippen molar-refractivity contribution < 1.29 is 14.3 Å². The predicted molar refractivity (Wildman–Crippen MR) is 58.3 cm³/mol. The molecule has 0 rings (SSSR count). The Bertz CT molecular complexity index is 246. The van der Waals surface area contributed by atoms with Gasteiger partial charge < -0.3 is 10.1 Å². The number of ether oxygens (including phenoxy) is 1. The molecule has 0 unspecified atom stereocenters. The third kappa shape index (κ3) is 7.73. The first-order chi connectivity index (χ1) is 7.10. The maximum Gasteiger partial charge on any atom is 0.325 e. The van der Waals surface area contributed by atoms with Crippen molar-refractivity contribution >= 4 is 11.9 Å². The molecule has 0 bridgehead atoms. The van der Waals surface area contributed by atoms with Crippen LogP contribution in [0.2, 0.25) is 0 Å². The van der Waals surface area contributed by atoms with Crippen molar-refractivity contribution in [1.82, 2.24) is 5.32 Å². The molecular formula is C11H19NO3. The fraction of sp³-hybridized carbons (Fsp3) is 0.636. The van der Waals surface area contributed by atoms with Crippen molar-refractivity contribution in [3.05, 3.63) is 11.6 Å². The zero-order chi connectivity index (χ0) is 11.7. The summed E-state index contributed by atoms with van der Waals surface area (Å²) in [6.45, 7) is 3.94. The van der Waals surface area contributed by atoms with Crippen LogP contribution < -0.4 is 5.32 Å². The standard InChI is InChI=1S/C11H19NO3/c1-4-5-6-9(2)7-10(13)12-8-11(14)15-3/h7H,4-6,8H2,1-3H3,(H,12,13). The number of unbranched alkanes of at least 4 members (excludes halogenated alkanes) is 1. The Balaban J connectivity index is 3.85. The summed E-state index contributed by atoms with van der Waals surface area (Å²) in [6.07, 6.45) is 4.63. The summed E-state index contributed by atoms with van der Waals surface area (Å²) < 4.78 is 4.40. The van der Waals surface area contributed by atoms with Crippen LogP contribution in [0, 0.1) is 0 Å². The van der Waals surface area contributed by atoms with E-state index in [4.69, 9.17) is 0 Å². The van der Waals surface area contributed by atoms with Crippen LogP contribution in [0.1, 0.15) is 33.1 Å². The van der Waals surface area contributed by atoms with E-state index in [2.05, 4.69) is 17.0 Å². The number of allylic oxidation sites excluding steroid dienone is 1. The van der Waals surface area contributed by atoms with Gasteiger partial charge in [-0.2, -0.15) is 0 Å². The van der Waals surface area contributed by atoms with Gasteiger partial charge in [0.25, 0.3) is 0 Å². The number of amides is 1. The summed E-state index contributed by atoms with van der Waals surface area (Å²) in [7, 11) is 1.29. The molecule has 0 heterocycles. The molecule has 0 fully saturated rings. The molecule has 1 amide bonds. The lowest BCUT2D eigenvalue weighted by Gasteiger charge is -2.02. The van der Waals surface area contributed by atoms with E-state index in [9.17, 15) is 9.59 Å². The summed E-state index contributed by atoms with van der Waals surface area (Å²) in [5.74, 6) is -0.683. The van der Waals surface area contributed by atoms with Gasteiger partial charge in [-0.15, -0.1) is 0 Å². The molecule has 0 atom stereocenters. The van der Waals surface area contributed by atoms with E-state index in [1.807, 2.05) is 6.92 Å². The summed E-state index contributed by atoms with van der Waals surface area (Å²) >= 11 is 0. The number of esters is 1. The topological polar surface area (TPSA) is 55.4 Å². The van der Waals surface area contributed by atoms with Gasteiger partial charge in [0.05, 0.1) is 7.11 Å². The van der Waals surface area contributed by atoms with Crippen molar-refractivity contribution in [3.8, 4) is 0 Å². The zero-order valence-corrected chi connectivity index (χ0v) is 9.63. The van der Waals surface area contributed by atoms with Crippen molar-refractivity contribution in [3.63, 3.8) is 0 Å². The van der Waals surface area contributed by atoms with E-state index in [0.29, 0.717) is 0 Å². The van der Waals surface area contributed by atoms with E-state index in [1.54, 1.807) is 0 Å². The minimum absolute atomic E-state index is 0.0765. The van der Waals surface area contributed by atoms with Crippen LogP contribution in [-0.2, 0) is 14.3 Å². The molecule has 15 heavy (non-hydrogen) atoms. The number of hydrogen-bond acceptors (Lipinski definition) is 3. The molecule has 0 aliphatic heterocycles. The molecule has 4 heteroatoms. The minimum Gasteiger partial charge on any atom is -0.468 e. The van der Waals surface area contributed by atoms with E-state index in [1.165, 1.54) is 13.2 Å². The van der Waals surface area contributed by atoms with E-state index >= 15 is 0 Å². The maximum atomic E-state index is 11.2. The van der Waals surface area contributed by atoms with Crippen LogP contribution in [0.5, 0.6) is 0 Å². The van der Waals surface area contributed by atoms with Gasteiger partial charge in [0, 0.05) is 6.08 Å². The molecule has 86 valence electrons. The van der Waals surface area contributed by atoms with Crippen molar-refractivity contribution in [2.75, 3.05) is 13.7 Å². The number of rotatable bonds is 6. The van der Waals surface area contributed by atoms with Crippen LogP contribution in [0.4, 0.5) is 0 Å². The SMILES string of the molecule is CCCCC(C)=CC(=O)NCC(=O)OC. The fourth-order valence-corrected chi connectivity index (χ4v) is 1.03. The number of carbonyl (C=O) groups is 2. The quantitative estimate of drug-likeness (QED) is 0.536. The van der Waals surface area contributed by atoms with E-state index in [0.717, 1.165) is 24.8 Å². The second-order valence-electron chi connectivity index (χ2n) is 3.39. The monoisotopic (exact) mass is 213 g/mol. The molecule has 1 N–H and O–H groups in total. The van der Waals surface area contributed by atoms with Gasteiger partial charge in [0.1, 0.15) is 6.54 Å². The second kappa shape index (κ2) is 8.03. The lowest BCUT2D eigenvalue weighted by atomic mass is 10.1. The van der Waals surface area contributed by atoms with Crippen LogP contribution >= 0.6 is 0 Å². The Labute approximate surface area is 90.7 Å². The summed E-state index contributed by atoms with van der Waals surface area (Å²) in [5.41, 5.74) is 1.03. The highest BCUT2D eigenvalue weighted by molar-refractivity contribution is 5.90. The molecule has 4 nitrogen and oxygen atoms in total. The number of hydrogen-bond donors (Lipinski definition) is 1. The third-order valence-electron chi connectivity index (χ3n) is 1.94. The van der Waals surface area contributed by atoms with Crippen molar-refractivity contribution in [2.24, 2.45) is 0 Å². The maximum absolute atomic E-state index is 11.2. The largest absolute Gasteiger partial charge is 0.468 e. The summed E-state index contributed by atoms with van der Waals surface area (Å²) in [6, 6.07) is 0. The summed E-state index contributed by atoms with van der Waals surface area (Å²) in [4.78, 5) is 22.0. The normalized spacial score (nSPS) is 11.0. The average molecular weight is 213 g/mol. The first-order valence-corrected chi connectivity index (χ1v) is 5.12. The lowest BCUT2D eigenvalue weighted by Crippen LogP contribution is -2.28. The molecule has 0 saturated heterocycles. The Hall–Kier alpha value is -1.32. The molecule has 0 aliphatic carbocycles. The molecule has 0 aromatic rings. The third-order valence-corrected chi connectivity index (χ3v) is 1.94. The fourth-order valence-electron chi connectivity index (χ4n) is 1.03. The molecule has 0 aromatic carbocycles. The second-order valence-corrected chi connectivity index (χ2v) is 3.39. The first kappa shape index (κ1) is 13.7. The number of methoxy groups -OCH3 is 1. The lowest BCUT2D eigenvalue weighted by molar-refractivity contribution is -0.140. The Morgan fingerprint density at radius 3 is 2.60 bits per heavy atom. The van der Waals surface area contributed by atoms with E-state index < -0.39 is 5.97 Å². The molecule has 0 aromatic heterocycles. The van der Waals surface area contributed by atoms with Gasteiger partial charge in [0.2, 0.25) is 5.91 Å². The highest BCUT2D eigenvalue weighted by Crippen LogP contribution is 2.05. The molecule has 0 spiro atoms. The van der Waals surface area contributed by atoms with Gasteiger partial charge in [-0.25, -0.2) is 0 Å². The highest BCUT2D eigenvalue weighted by atomic mass is 16.5. The zero-order valence-electron chi connectivity index (χ0n) is 9.63. The van der Waals surface area contributed by atoms with Crippen LogP contribution in [-0.4, -0.2) is 25.5 Å². The van der Waals surface area contributed by atoms with Gasteiger partial charge in [-0.05, 0) is 19.8 Å². The molecule has 0 saturated carbocycles. The van der Waals surface area contributed by atoms with Gasteiger partial charge in [0.15, 0.2) is 0 Å². The van der Waals surface area contributed by atoms with Crippen molar-refractivity contribution in [2.45, 2.75) is 33.1 Å². The Kier molecular flexibility index (Phi) is 7.32. The van der Waals surface area contributed by atoms with Crippen LogP contribution in [0.15, 0.2) is 11.6 Å². The van der Waals surface area contributed by atoms with Gasteiger partial charge in [-0.3, -0.25) is 9.59 Å². The van der Waals surface area contributed by atoms with Gasteiger partial charge >= 0.3 is 5.97 Å². The Morgan fingerprint density at radius 1 is 1.40 bits per heavy atom. The average Bonchev–Trinajstić information content (AvgIpc) is 2.22. The predicted octanol–water partition coefficient (Wildman–Crippen LogP) is 1.41. The smallest absolute Gasteiger partial charge is 0.325 e. The Morgan fingerprint density at radius 2 is 2.07 bits per heavy atom. The van der Waals surface area contributed by atoms with E-state index in [-0.39, 0.29) is 12.5 Å². The number of nitrogens with one attached hydrogen (secondary N) is 1. The number of carbonyl (C=O) groups excluding carboxylic acids is 2. The first-order valence-electron chi connectivity index (χ1n) is 5.12. The van der Waals surface area contributed by atoms with Crippen molar-refractivity contribution in [1.29, 1.82) is 0 Å². The minimum atomic E-state index is -0.442. The van der Waals surface area contributed by atoms with Gasteiger partial charge in [-0.1, -0.05) is 18.9 Å². The molecule has 0 aliphatic rings. The summed E-state index contributed by atoms with van der Waals surface area (Å²) in [5, 5.41) is 2.45. The molecule has 0 radical (unpaired) electrons. The van der Waals surface area contributed by atoms with Crippen LogP contribution in [0.25, 0.3) is 0 Å². The highest BCUT2D eigenvalue weighted by Gasteiger charge is 2.02. The van der Waals surface area contributed by atoms with Crippen LogP contribution in [0.3, 0.4) is 0 Å².